The zero-order valence-corrected chi connectivity index (χ0v) is 12.9. The van der Waals surface area contributed by atoms with Gasteiger partial charge in [0.1, 0.15) is 5.75 Å². The van der Waals surface area contributed by atoms with E-state index in [2.05, 4.69) is 49.5 Å². The molecule has 1 aromatic carbocycles. The van der Waals surface area contributed by atoms with Crippen molar-refractivity contribution < 1.29 is 4.74 Å². The van der Waals surface area contributed by atoms with Crippen molar-refractivity contribution in [2.45, 2.75) is 32.7 Å². The average Bonchev–Trinajstić information content (AvgIpc) is 2.91. The van der Waals surface area contributed by atoms with E-state index in [0.717, 1.165) is 31.7 Å². The molecule has 0 saturated heterocycles. The van der Waals surface area contributed by atoms with Crippen LogP contribution in [-0.4, -0.2) is 13.2 Å². The number of aryl methyl sites for hydroxylation is 2. The SMILES string of the molecule is CCNC(c1ccc(C)s1)c1cccc2c1OCCC2. The van der Waals surface area contributed by atoms with Crippen molar-refractivity contribution in [3.63, 3.8) is 0 Å². The third-order valence-electron chi connectivity index (χ3n) is 3.73. The van der Waals surface area contributed by atoms with Crippen molar-refractivity contribution in [1.29, 1.82) is 0 Å². The van der Waals surface area contributed by atoms with E-state index < -0.39 is 0 Å². The third-order valence-corrected chi connectivity index (χ3v) is 4.79. The van der Waals surface area contributed by atoms with Gasteiger partial charge in [0.15, 0.2) is 0 Å². The Bertz CT molecular complexity index is 590. The van der Waals surface area contributed by atoms with E-state index in [4.69, 9.17) is 4.74 Å². The Hall–Kier alpha value is -1.32. The monoisotopic (exact) mass is 287 g/mol. The summed E-state index contributed by atoms with van der Waals surface area (Å²) in [5, 5.41) is 3.61. The second-order valence-corrected chi connectivity index (χ2v) is 6.55. The summed E-state index contributed by atoms with van der Waals surface area (Å²) in [5.74, 6) is 1.11. The number of benzene rings is 1. The van der Waals surface area contributed by atoms with Crippen LogP contribution in [0.25, 0.3) is 0 Å². The van der Waals surface area contributed by atoms with Gasteiger partial charge in [0, 0.05) is 15.3 Å². The standard InChI is InChI=1S/C17H21NOS/c1-3-18-16(15-10-9-12(2)20-15)14-8-4-6-13-7-5-11-19-17(13)14/h4,6,8-10,16,18H,3,5,7,11H2,1-2H3. The smallest absolute Gasteiger partial charge is 0.127 e. The molecule has 1 N–H and O–H groups in total. The van der Waals surface area contributed by atoms with Gasteiger partial charge in [-0.05, 0) is 44.0 Å². The van der Waals surface area contributed by atoms with Crippen LogP contribution in [0, 0.1) is 6.92 Å². The van der Waals surface area contributed by atoms with Gasteiger partial charge in [-0.25, -0.2) is 0 Å². The number of nitrogens with one attached hydrogen (secondary N) is 1. The molecule has 0 fully saturated rings. The molecule has 2 heterocycles. The second-order valence-electron chi connectivity index (χ2n) is 5.23. The lowest BCUT2D eigenvalue weighted by Gasteiger charge is -2.25. The normalized spacial score (nSPS) is 15.5. The molecule has 1 aliphatic rings. The van der Waals surface area contributed by atoms with Crippen LogP contribution in [0.5, 0.6) is 5.75 Å². The summed E-state index contributed by atoms with van der Waals surface area (Å²) in [6.45, 7) is 6.11. The first kappa shape index (κ1) is 13.7. The van der Waals surface area contributed by atoms with Crippen molar-refractivity contribution in [1.82, 2.24) is 5.32 Å². The number of hydrogen-bond acceptors (Lipinski definition) is 3. The molecule has 3 heteroatoms. The average molecular weight is 287 g/mol. The molecule has 0 saturated carbocycles. The summed E-state index contributed by atoms with van der Waals surface area (Å²) in [5.41, 5.74) is 2.64. The van der Waals surface area contributed by atoms with Crippen LogP contribution in [0.1, 0.15) is 40.3 Å². The molecule has 0 radical (unpaired) electrons. The summed E-state index contributed by atoms with van der Waals surface area (Å²) in [7, 11) is 0. The lowest BCUT2D eigenvalue weighted by molar-refractivity contribution is 0.283. The molecule has 1 atom stereocenters. The minimum atomic E-state index is 0.242. The van der Waals surface area contributed by atoms with Crippen LogP contribution in [-0.2, 0) is 6.42 Å². The largest absolute Gasteiger partial charge is 0.493 e. The van der Waals surface area contributed by atoms with Gasteiger partial charge < -0.3 is 10.1 Å². The molecule has 0 bridgehead atoms. The van der Waals surface area contributed by atoms with Crippen LogP contribution >= 0.6 is 11.3 Å². The molecule has 2 nitrogen and oxygen atoms in total. The molecule has 0 amide bonds. The lowest BCUT2D eigenvalue weighted by atomic mass is 9.97. The van der Waals surface area contributed by atoms with Gasteiger partial charge in [-0.15, -0.1) is 11.3 Å². The maximum atomic E-state index is 5.97. The summed E-state index contributed by atoms with van der Waals surface area (Å²) < 4.78 is 5.97. The number of thiophene rings is 1. The number of rotatable bonds is 4. The van der Waals surface area contributed by atoms with Crippen molar-refractivity contribution in [3.05, 3.63) is 51.2 Å². The third kappa shape index (κ3) is 2.60. The molecule has 1 aromatic heterocycles. The Morgan fingerprint density at radius 1 is 1.30 bits per heavy atom. The van der Waals surface area contributed by atoms with Crippen LogP contribution in [0.15, 0.2) is 30.3 Å². The quantitative estimate of drug-likeness (QED) is 0.915. The highest BCUT2D eigenvalue weighted by atomic mass is 32.1. The van der Waals surface area contributed by atoms with Crippen molar-refractivity contribution in [2.75, 3.05) is 13.2 Å². The zero-order valence-electron chi connectivity index (χ0n) is 12.1. The predicted octanol–water partition coefficient (Wildman–Crippen LogP) is 4.08. The van der Waals surface area contributed by atoms with E-state index in [9.17, 15) is 0 Å². The lowest BCUT2D eigenvalue weighted by Crippen LogP contribution is -2.23. The van der Waals surface area contributed by atoms with Gasteiger partial charge in [-0.2, -0.15) is 0 Å². The van der Waals surface area contributed by atoms with Crippen molar-refractivity contribution >= 4 is 11.3 Å². The van der Waals surface area contributed by atoms with Gasteiger partial charge >= 0.3 is 0 Å². The fourth-order valence-electron chi connectivity index (χ4n) is 2.82. The maximum Gasteiger partial charge on any atom is 0.127 e. The fraction of sp³-hybridized carbons (Fsp3) is 0.412. The molecule has 20 heavy (non-hydrogen) atoms. The predicted molar refractivity (Wildman–Crippen MR) is 84.8 cm³/mol. The summed E-state index contributed by atoms with van der Waals surface area (Å²) in [4.78, 5) is 2.72. The van der Waals surface area contributed by atoms with E-state index in [0.29, 0.717) is 0 Å². The zero-order chi connectivity index (χ0) is 13.9. The van der Waals surface area contributed by atoms with Crippen LogP contribution in [0.4, 0.5) is 0 Å². The van der Waals surface area contributed by atoms with Crippen molar-refractivity contribution in [3.8, 4) is 5.75 Å². The first-order chi connectivity index (χ1) is 9.79. The summed E-state index contributed by atoms with van der Waals surface area (Å²) in [6, 6.07) is 11.2. The first-order valence-electron chi connectivity index (χ1n) is 7.34. The molecule has 0 aliphatic carbocycles. The number of fused-ring (bicyclic) bond motifs is 1. The van der Waals surface area contributed by atoms with Gasteiger partial charge in [0.2, 0.25) is 0 Å². The van der Waals surface area contributed by atoms with E-state index in [1.54, 1.807) is 0 Å². The molecule has 0 spiro atoms. The highest BCUT2D eigenvalue weighted by Gasteiger charge is 2.22. The van der Waals surface area contributed by atoms with E-state index in [1.807, 2.05) is 11.3 Å². The van der Waals surface area contributed by atoms with Crippen molar-refractivity contribution in [2.24, 2.45) is 0 Å². The minimum Gasteiger partial charge on any atom is -0.493 e. The van der Waals surface area contributed by atoms with E-state index in [-0.39, 0.29) is 6.04 Å². The Labute approximate surface area is 124 Å². The second kappa shape index (κ2) is 5.98. The summed E-state index contributed by atoms with van der Waals surface area (Å²) >= 11 is 1.86. The fourth-order valence-corrected chi connectivity index (χ4v) is 3.79. The highest BCUT2D eigenvalue weighted by molar-refractivity contribution is 7.12. The Morgan fingerprint density at radius 2 is 2.20 bits per heavy atom. The molecule has 1 unspecified atom stereocenters. The van der Waals surface area contributed by atoms with E-state index >= 15 is 0 Å². The number of hydrogen-bond donors (Lipinski definition) is 1. The summed E-state index contributed by atoms with van der Waals surface area (Å²) in [6.07, 6.45) is 2.26. The highest BCUT2D eigenvalue weighted by Crippen LogP contribution is 2.37. The molecular weight excluding hydrogens is 266 g/mol. The topological polar surface area (TPSA) is 21.3 Å². The molecule has 3 rings (SSSR count). The van der Waals surface area contributed by atoms with Crippen LogP contribution in [0.3, 0.4) is 0 Å². The van der Waals surface area contributed by atoms with Gasteiger partial charge in [-0.3, -0.25) is 0 Å². The molecule has 1 aliphatic heterocycles. The van der Waals surface area contributed by atoms with E-state index in [1.165, 1.54) is 20.9 Å². The Balaban J connectivity index is 2.03. The van der Waals surface area contributed by atoms with Gasteiger partial charge in [-0.1, -0.05) is 25.1 Å². The molecular formula is C17H21NOS. The Morgan fingerprint density at radius 3 is 2.95 bits per heavy atom. The molecule has 106 valence electrons. The Kier molecular flexibility index (Phi) is 4.08. The maximum absolute atomic E-state index is 5.97. The minimum absolute atomic E-state index is 0.242. The van der Waals surface area contributed by atoms with Crippen LogP contribution < -0.4 is 10.1 Å². The number of ether oxygens (including phenoxy) is 1. The van der Waals surface area contributed by atoms with Gasteiger partial charge in [0.05, 0.1) is 12.6 Å². The van der Waals surface area contributed by atoms with Crippen LogP contribution in [0.2, 0.25) is 0 Å². The van der Waals surface area contributed by atoms with Gasteiger partial charge in [0.25, 0.3) is 0 Å². The number of para-hydroxylation sites is 1. The first-order valence-corrected chi connectivity index (χ1v) is 8.15. The molecule has 2 aromatic rings.